The predicted molar refractivity (Wildman–Crippen MR) is 120 cm³/mol. The van der Waals surface area contributed by atoms with Crippen LogP contribution in [0.4, 0.5) is 0 Å². The van der Waals surface area contributed by atoms with Gasteiger partial charge in [-0.3, -0.25) is 0 Å². The van der Waals surface area contributed by atoms with E-state index < -0.39 is 16.8 Å². The Kier molecular flexibility index (Phi) is 21.9. The predicted octanol–water partition coefficient (Wildman–Crippen LogP) is 4.30. The Morgan fingerprint density at radius 3 is 0.536 bits per heavy atom. The van der Waals surface area contributed by atoms with Crippen LogP contribution < -0.4 is 15.3 Å². The first-order valence-electron chi connectivity index (χ1n) is 11.2. The molecule has 0 fully saturated rings. The molecule has 0 N–H and O–H groups in total. The zero-order valence-corrected chi connectivity index (χ0v) is 22.4. The van der Waals surface area contributed by atoms with Crippen LogP contribution in [-0.4, -0.2) is 34.2 Å². The molecule has 0 aromatic carbocycles. The second kappa shape index (κ2) is 17.1. The molecule has 0 radical (unpaired) electrons. The Hall–Kier alpha value is 0.412. The third-order valence-electron chi connectivity index (χ3n) is 5.91. The summed E-state index contributed by atoms with van der Waals surface area (Å²) in [6.07, 6.45) is 6.04. The van der Waals surface area contributed by atoms with Gasteiger partial charge in [-0.15, -0.1) is 16.8 Å². The van der Waals surface area contributed by atoms with E-state index in [9.17, 15) is 15.3 Å². The molecule has 0 unspecified atom stereocenters. The molecule has 0 heterocycles. The summed E-state index contributed by atoms with van der Waals surface area (Å²) in [6.45, 7) is 23.1. The van der Waals surface area contributed by atoms with Crippen LogP contribution in [0.25, 0.3) is 0 Å². The maximum absolute atomic E-state index is 11.3. The van der Waals surface area contributed by atoms with E-state index >= 15 is 0 Å². The average Bonchev–Trinajstić information content (AvgIpc) is 2.48. The monoisotopic (exact) mass is 414 g/mol. The fourth-order valence-corrected chi connectivity index (χ4v) is 3.82. The van der Waals surface area contributed by atoms with Crippen LogP contribution in [-0.2, 0) is 0 Å². The van der Waals surface area contributed by atoms with E-state index in [-0.39, 0.29) is 17.4 Å². The first kappa shape index (κ1) is 35.8. The van der Waals surface area contributed by atoms with E-state index in [1.54, 1.807) is 41.5 Å². The second-order valence-corrected chi connectivity index (χ2v) is 9.35. The molecule has 28 heavy (non-hydrogen) atoms. The molecule has 3 nitrogen and oxygen atoms in total. The van der Waals surface area contributed by atoms with E-state index in [1.807, 2.05) is 0 Å². The molecule has 4 heteroatoms. The van der Waals surface area contributed by atoms with Gasteiger partial charge in [-0.25, -0.2) is 0 Å². The molecule has 168 valence electrons. The van der Waals surface area contributed by atoms with Crippen molar-refractivity contribution in [2.45, 2.75) is 138 Å². The van der Waals surface area contributed by atoms with Gasteiger partial charge in [0.2, 0.25) is 0 Å². The quantitative estimate of drug-likeness (QED) is 0.528. The fraction of sp³-hybridized carbons (Fsp3) is 1.00. The number of hydrogen-bond acceptors (Lipinski definition) is 3. The number of hydrogen-bond donors (Lipinski definition) is 0. The maximum Gasteiger partial charge on any atom is 3.00 e. The van der Waals surface area contributed by atoms with Crippen molar-refractivity contribution in [2.24, 2.45) is 17.8 Å². The fourth-order valence-electron chi connectivity index (χ4n) is 3.82. The zero-order chi connectivity index (χ0) is 22.5. The SMILES string of the molecule is CCC(CC)C(C)(C)[O-].CCC(CC)C(C)(C)[O-].CCC(CC)C(C)(C)[O-].[Al+3]. The Balaban J connectivity index is -0.000000152. The van der Waals surface area contributed by atoms with Crippen LogP contribution in [0, 0.1) is 17.8 Å². The van der Waals surface area contributed by atoms with E-state index in [1.165, 1.54) is 0 Å². The molecule has 0 spiro atoms. The summed E-state index contributed by atoms with van der Waals surface area (Å²) in [6, 6.07) is 0. The van der Waals surface area contributed by atoms with Crippen molar-refractivity contribution in [3.8, 4) is 0 Å². The first-order chi connectivity index (χ1) is 12.1. The van der Waals surface area contributed by atoms with Crippen molar-refractivity contribution in [3.05, 3.63) is 0 Å². The minimum Gasteiger partial charge on any atom is -0.850 e. The zero-order valence-electron chi connectivity index (χ0n) is 21.3. The summed E-state index contributed by atoms with van der Waals surface area (Å²) in [5.41, 5.74) is -2.20. The number of rotatable bonds is 9. The maximum atomic E-state index is 11.3. The van der Waals surface area contributed by atoms with Gasteiger partial charge in [-0.2, -0.15) is 0 Å². The van der Waals surface area contributed by atoms with Crippen molar-refractivity contribution in [2.75, 3.05) is 0 Å². The summed E-state index contributed by atoms with van der Waals surface area (Å²) in [5.74, 6) is 1.03. The third kappa shape index (κ3) is 18.4. The normalized spacial score (nSPS) is 12.2. The summed E-state index contributed by atoms with van der Waals surface area (Å²) in [7, 11) is 0. The summed E-state index contributed by atoms with van der Waals surface area (Å²) < 4.78 is 0. The topological polar surface area (TPSA) is 69.2 Å². The average molecular weight is 415 g/mol. The molecular formula is C24H51AlO3. The smallest absolute Gasteiger partial charge is 0.850 e. The van der Waals surface area contributed by atoms with Crippen molar-refractivity contribution in [3.63, 3.8) is 0 Å². The Bertz CT molecular complexity index is 260. The van der Waals surface area contributed by atoms with Crippen LogP contribution >= 0.6 is 0 Å². The van der Waals surface area contributed by atoms with Gasteiger partial charge in [0.25, 0.3) is 0 Å². The van der Waals surface area contributed by atoms with Gasteiger partial charge in [0.05, 0.1) is 0 Å². The molecular weight excluding hydrogens is 363 g/mol. The summed E-state index contributed by atoms with van der Waals surface area (Å²) in [5, 5.41) is 33.8. The molecule has 0 aliphatic rings. The van der Waals surface area contributed by atoms with Crippen LogP contribution in [0.3, 0.4) is 0 Å². The van der Waals surface area contributed by atoms with Gasteiger partial charge < -0.3 is 15.3 Å². The van der Waals surface area contributed by atoms with E-state index in [0.29, 0.717) is 17.8 Å². The molecule has 0 aromatic rings. The largest absolute Gasteiger partial charge is 3.00 e. The van der Waals surface area contributed by atoms with Crippen LogP contribution in [0.2, 0.25) is 0 Å². The van der Waals surface area contributed by atoms with Crippen molar-refractivity contribution in [1.29, 1.82) is 0 Å². The molecule has 0 aliphatic heterocycles. The molecule has 0 amide bonds. The second-order valence-electron chi connectivity index (χ2n) is 9.35. The van der Waals surface area contributed by atoms with Gasteiger partial charge in [-0.05, 0) is 0 Å². The molecule has 0 saturated carbocycles. The van der Waals surface area contributed by atoms with Crippen molar-refractivity contribution in [1.82, 2.24) is 0 Å². The molecule has 0 aliphatic carbocycles. The van der Waals surface area contributed by atoms with Gasteiger partial charge in [-0.1, -0.05) is 139 Å². The minimum atomic E-state index is -0.733. The van der Waals surface area contributed by atoms with Crippen molar-refractivity contribution >= 4 is 17.4 Å². The molecule has 0 atom stereocenters. The Morgan fingerprint density at radius 1 is 0.429 bits per heavy atom. The van der Waals surface area contributed by atoms with E-state index in [4.69, 9.17) is 0 Å². The van der Waals surface area contributed by atoms with Crippen LogP contribution in [0.15, 0.2) is 0 Å². The first-order valence-corrected chi connectivity index (χ1v) is 11.2. The summed E-state index contributed by atoms with van der Waals surface area (Å²) in [4.78, 5) is 0. The molecule has 0 rings (SSSR count). The molecule has 0 bridgehead atoms. The van der Waals surface area contributed by atoms with Gasteiger partial charge in [0, 0.05) is 0 Å². The van der Waals surface area contributed by atoms with Gasteiger partial charge in [0.1, 0.15) is 0 Å². The van der Waals surface area contributed by atoms with Crippen LogP contribution in [0.1, 0.15) is 122 Å². The Morgan fingerprint density at radius 2 is 0.536 bits per heavy atom. The minimum absolute atomic E-state index is 0. The van der Waals surface area contributed by atoms with E-state index in [2.05, 4.69) is 41.5 Å². The van der Waals surface area contributed by atoms with Crippen molar-refractivity contribution < 1.29 is 15.3 Å². The molecule has 0 aromatic heterocycles. The van der Waals surface area contributed by atoms with E-state index in [0.717, 1.165) is 38.5 Å². The summed E-state index contributed by atoms with van der Waals surface area (Å²) >= 11 is 0. The Labute approximate surface area is 188 Å². The van der Waals surface area contributed by atoms with Crippen LogP contribution in [0.5, 0.6) is 0 Å². The third-order valence-corrected chi connectivity index (χ3v) is 5.91. The standard InChI is InChI=1S/3C8H17O.Al/c3*1-5-7(6-2)8(3,4)9;/h3*7H,5-6H2,1-4H3;/q3*-1;+3. The van der Waals surface area contributed by atoms with Gasteiger partial charge in [0.15, 0.2) is 0 Å². The van der Waals surface area contributed by atoms with Gasteiger partial charge >= 0.3 is 17.4 Å². The molecule has 0 saturated heterocycles.